The molecule has 0 aliphatic carbocycles. The monoisotopic (exact) mass is 361 g/mol. The molecule has 0 saturated carbocycles. The Labute approximate surface area is 159 Å². The van der Waals surface area contributed by atoms with Gasteiger partial charge in [0, 0.05) is 43.5 Å². The van der Waals surface area contributed by atoms with E-state index in [1.807, 2.05) is 72.6 Å². The molecule has 2 aromatic carbocycles. The van der Waals surface area contributed by atoms with Crippen molar-refractivity contribution in [2.75, 3.05) is 38.7 Å². The van der Waals surface area contributed by atoms with Crippen molar-refractivity contribution in [1.29, 1.82) is 0 Å². The molecule has 138 valence electrons. The SMILES string of the molecule is CN(C)c1cccc(C(=O)N2CCOC(c3cc4ccccc4cn3)C2)c1. The molecular weight excluding hydrogens is 338 g/mol. The van der Waals surface area contributed by atoms with Crippen LogP contribution in [0, 0.1) is 0 Å². The zero-order valence-electron chi connectivity index (χ0n) is 15.6. The largest absolute Gasteiger partial charge is 0.378 e. The maximum Gasteiger partial charge on any atom is 0.254 e. The van der Waals surface area contributed by atoms with E-state index in [1.54, 1.807) is 0 Å². The van der Waals surface area contributed by atoms with Crippen molar-refractivity contribution in [3.8, 4) is 0 Å². The summed E-state index contributed by atoms with van der Waals surface area (Å²) >= 11 is 0. The Kier molecular flexibility index (Phi) is 4.77. The van der Waals surface area contributed by atoms with E-state index >= 15 is 0 Å². The number of anilines is 1. The molecule has 0 bridgehead atoms. The van der Waals surface area contributed by atoms with Crippen LogP contribution in [0.4, 0.5) is 5.69 Å². The lowest BCUT2D eigenvalue weighted by Crippen LogP contribution is -2.42. The molecule has 5 heteroatoms. The summed E-state index contributed by atoms with van der Waals surface area (Å²) in [5.74, 6) is 0.0350. The summed E-state index contributed by atoms with van der Waals surface area (Å²) in [7, 11) is 3.94. The molecule has 1 saturated heterocycles. The summed E-state index contributed by atoms with van der Waals surface area (Å²) in [5, 5.41) is 2.23. The van der Waals surface area contributed by atoms with E-state index < -0.39 is 0 Å². The number of carbonyl (C=O) groups is 1. The summed E-state index contributed by atoms with van der Waals surface area (Å²) in [6.07, 6.45) is 1.67. The van der Waals surface area contributed by atoms with Crippen LogP contribution in [-0.4, -0.2) is 49.6 Å². The second-order valence-electron chi connectivity index (χ2n) is 7.01. The number of benzene rings is 2. The molecule has 1 aliphatic heterocycles. The van der Waals surface area contributed by atoms with Gasteiger partial charge in [0.1, 0.15) is 6.10 Å². The first-order chi connectivity index (χ1) is 13.1. The van der Waals surface area contributed by atoms with E-state index in [9.17, 15) is 4.79 Å². The number of fused-ring (bicyclic) bond motifs is 1. The first-order valence-electron chi connectivity index (χ1n) is 9.15. The van der Waals surface area contributed by atoms with Gasteiger partial charge >= 0.3 is 0 Å². The van der Waals surface area contributed by atoms with E-state index in [2.05, 4.69) is 17.1 Å². The molecule has 2 heterocycles. The molecule has 1 atom stereocenters. The third kappa shape index (κ3) is 3.64. The van der Waals surface area contributed by atoms with Gasteiger partial charge in [-0.15, -0.1) is 0 Å². The molecular formula is C22H23N3O2. The first kappa shape index (κ1) is 17.5. The lowest BCUT2D eigenvalue weighted by atomic mass is 10.1. The number of morpholine rings is 1. The van der Waals surface area contributed by atoms with E-state index in [0.717, 1.165) is 22.2 Å². The van der Waals surface area contributed by atoms with Gasteiger partial charge in [0.05, 0.1) is 18.8 Å². The summed E-state index contributed by atoms with van der Waals surface area (Å²) in [6, 6.07) is 17.9. The van der Waals surface area contributed by atoms with Gasteiger partial charge in [-0.1, -0.05) is 30.3 Å². The highest BCUT2D eigenvalue weighted by Gasteiger charge is 2.27. The number of carbonyl (C=O) groups excluding carboxylic acids is 1. The number of rotatable bonds is 3. The molecule has 4 rings (SSSR count). The van der Waals surface area contributed by atoms with Gasteiger partial charge in [-0.05, 0) is 29.7 Å². The Bertz CT molecular complexity index is 970. The van der Waals surface area contributed by atoms with E-state index in [4.69, 9.17) is 4.74 Å². The number of hydrogen-bond donors (Lipinski definition) is 0. The second-order valence-corrected chi connectivity index (χ2v) is 7.01. The predicted octanol–water partition coefficient (Wildman–Crippen LogP) is 3.51. The maximum atomic E-state index is 13.0. The summed E-state index contributed by atoms with van der Waals surface area (Å²) in [4.78, 5) is 21.4. The van der Waals surface area contributed by atoms with Crippen molar-refractivity contribution in [2.45, 2.75) is 6.10 Å². The molecule has 1 aliphatic rings. The Morgan fingerprint density at radius 1 is 1.11 bits per heavy atom. The van der Waals surface area contributed by atoms with Crippen molar-refractivity contribution >= 4 is 22.4 Å². The highest BCUT2D eigenvalue weighted by Crippen LogP contribution is 2.25. The standard InChI is InChI=1S/C22H23N3O2/c1-24(2)19-9-5-8-17(12-19)22(26)25-10-11-27-21(15-25)20-13-16-6-3-4-7-18(16)14-23-20/h3-9,12-14,21H,10-11,15H2,1-2H3. The third-order valence-electron chi connectivity index (χ3n) is 4.95. The van der Waals surface area contributed by atoms with Gasteiger partial charge in [-0.2, -0.15) is 0 Å². The Morgan fingerprint density at radius 3 is 2.74 bits per heavy atom. The average Bonchev–Trinajstić information content (AvgIpc) is 2.73. The molecule has 3 aromatic rings. The van der Waals surface area contributed by atoms with Gasteiger partial charge in [-0.3, -0.25) is 9.78 Å². The summed E-state index contributed by atoms with van der Waals surface area (Å²) in [5.41, 5.74) is 2.59. The van der Waals surface area contributed by atoms with Crippen LogP contribution < -0.4 is 4.90 Å². The topological polar surface area (TPSA) is 45.7 Å². The van der Waals surface area contributed by atoms with Crippen LogP contribution in [0.1, 0.15) is 22.2 Å². The van der Waals surface area contributed by atoms with Crippen LogP contribution in [0.5, 0.6) is 0 Å². The number of nitrogens with zero attached hydrogens (tertiary/aromatic N) is 3. The van der Waals surface area contributed by atoms with Crippen LogP contribution in [-0.2, 0) is 4.74 Å². The first-order valence-corrected chi connectivity index (χ1v) is 9.15. The van der Waals surface area contributed by atoms with E-state index in [1.165, 1.54) is 0 Å². The van der Waals surface area contributed by atoms with Crippen LogP contribution in [0.15, 0.2) is 60.8 Å². The third-order valence-corrected chi connectivity index (χ3v) is 4.95. The van der Waals surface area contributed by atoms with Crippen molar-refractivity contribution in [2.24, 2.45) is 0 Å². The molecule has 1 amide bonds. The predicted molar refractivity (Wildman–Crippen MR) is 107 cm³/mol. The minimum atomic E-state index is -0.204. The summed E-state index contributed by atoms with van der Waals surface area (Å²) in [6.45, 7) is 1.61. The number of amides is 1. The Hall–Kier alpha value is -2.92. The average molecular weight is 361 g/mol. The zero-order chi connectivity index (χ0) is 18.8. The lowest BCUT2D eigenvalue weighted by Gasteiger charge is -2.33. The number of ether oxygens (including phenoxy) is 1. The molecule has 1 aromatic heterocycles. The van der Waals surface area contributed by atoms with Crippen LogP contribution in [0.2, 0.25) is 0 Å². The fourth-order valence-corrected chi connectivity index (χ4v) is 3.39. The van der Waals surface area contributed by atoms with E-state index in [-0.39, 0.29) is 12.0 Å². The van der Waals surface area contributed by atoms with Crippen molar-refractivity contribution in [3.63, 3.8) is 0 Å². The minimum absolute atomic E-state index is 0.0350. The maximum absolute atomic E-state index is 13.0. The summed E-state index contributed by atoms with van der Waals surface area (Å²) < 4.78 is 5.93. The molecule has 1 fully saturated rings. The molecule has 0 N–H and O–H groups in total. The zero-order valence-corrected chi connectivity index (χ0v) is 15.6. The van der Waals surface area contributed by atoms with Crippen LogP contribution >= 0.6 is 0 Å². The van der Waals surface area contributed by atoms with Crippen LogP contribution in [0.25, 0.3) is 10.8 Å². The smallest absolute Gasteiger partial charge is 0.254 e. The quantitative estimate of drug-likeness (QED) is 0.716. The van der Waals surface area contributed by atoms with Crippen molar-refractivity contribution in [3.05, 3.63) is 72.1 Å². The van der Waals surface area contributed by atoms with Gasteiger partial charge < -0.3 is 14.5 Å². The molecule has 1 unspecified atom stereocenters. The Balaban J connectivity index is 1.55. The molecule has 0 radical (unpaired) electrons. The van der Waals surface area contributed by atoms with Crippen molar-refractivity contribution < 1.29 is 9.53 Å². The minimum Gasteiger partial charge on any atom is -0.378 e. The number of pyridine rings is 1. The fourth-order valence-electron chi connectivity index (χ4n) is 3.39. The molecule has 5 nitrogen and oxygen atoms in total. The normalized spacial score (nSPS) is 17.1. The number of aromatic nitrogens is 1. The fraction of sp³-hybridized carbons (Fsp3) is 0.273. The molecule has 0 spiro atoms. The molecule has 27 heavy (non-hydrogen) atoms. The number of hydrogen-bond acceptors (Lipinski definition) is 4. The Morgan fingerprint density at radius 2 is 1.93 bits per heavy atom. The van der Waals surface area contributed by atoms with Crippen LogP contribution in [0.3, 0.4) is 0 Å². The van der Waals surface area contributed by atoms with Gasteiger partial charge in [0.25, 0.3) is 5.91 Å². The van der Waals surface area contributed by atoms with Crippen molar-refractivity contribution in [1.82, 2.24) is 9.88 Å². The lowest BCUT2D eigenvalue weighted by molar-refractivity contribution is -0.0246. The van der Waals surface area contributed by atoms with Gasteiger partial charge in [0.15, 0.2) is 0 Å². The van der Waals surface area contributed by atoms with E-state index in [0.29, 0.717) is 25.3 Å². The van der Waals surface area contributed by atoms with Gasteiger partial charge in [0.2, 0.25) is 0 Å². The van der Waals surface area contributed by atoms with Gasteiger partial charge in [-0.25, -0.2) is 0 Å². The highest BCUT2D eigenvalue weighted by molar-refractivity contribution is 5.95. The second kappa shape index (κ2) is 7.37. The highest BCUT2D eigenvalue weighted by atomic mass is 16.5.